The van der Waals surface area contributed by atoms with Gasteiger partial charge in [0.2, 0.25) is 0 Å². The van der Waals surface area contributed by atoms with Crippen LogP contribution in [0.25, 0.3) is 0 Å². The minimum Gasteiger partial charge on any atom is -0.480 e. The lowest BCUT2D eigenvalue weighted by Crippen LogP contribution is -2.13. The Labute approximate surface area is 97.3 Å². The first-order chi connectivity index (χ1) is 6.61. The van der Waals surface area contributed by atoms with Crippen molar-refractivity contribution in [3.8, 4) is 0 Å². The molecule has 14 heavy (non-hydrogen) atoms. The van der Waals surface area contributed by atoms with Crippen LogP contribution in [0, 0.1) is 5.92 Å². The van der Waals surface area contributed by atoms with Crippen LogP contribution in [0.2, 0.25) is 0 Å². The van der Waals surface area contributed by atoms with Crippen LogP contribution in [0.4, 0.5) is 0 Å². The molecule has 1 N–H and O–H groups in total. The normalized spacial score (nSPS) is 15.1. The zero-order valence-electron chi connectivity index (χ0n) is 8.65. The van der Waals surface area contributed by atoms with E-state index in [9.17, 15) is 4.79 Å². The summed E-state index contributed by atoms with van der Waals surface area (Å²) in [5.74, 6) is 0.805. The van der Waals surface area contributed by atoms with Crippen LogP contribution in [-0.4, -0.2) is 22.1 Å². The van der Waals surface area contributed by atoms with Gasteiger partial charge in [-0.3, -0.25) is 4.79 Å². The third kappa shape index (κ3) is 6.60. The zero-order chi connectivity index (χ0) is 11.0. The van der Waals surface area contributed by atoms with Gasteiger partial charge in [0.25, 0.3) is 0 Å². The van der Waals surface area contributed by atoms with E-state index >= 15 is 0 Å². The molecule has 0 spiro atoms. The van der Waals surface area contributed by atoms with Crippen LogP contribution in [0.3, 0.4) is 0 Å². The Hall–Kier alpha value is 0.170. The van der Waals surface area contributed by atoms with Gasteiger partial charge in [0, 0.05) is 0 Å². The molecule has 0 saturated carbocycles. The van der Waals surface area contributed by atoms with Crippen molar-refractivity contribution in [2.45, 2.75) is 44.3 Å². The second-order valence-corrected chi connectivity index (χ2v) is 4.64. The Bertz CT molecular complexity index is 162. The molecule has 0 bridgehead atoms. The van der Waals surface area contributed by atoms with Crippen LogP contribution in [0.15, 0.2) is 0 Å². The minimum atomic E-state index is -0.810. The molecule has 4 heteroatoms. The van der Waals surface area contributed by atoms with E-state index in [0.717, 1.165) is 31.4 Å². The molecular weight excluding hydrogens is 216 g/mol. The summed E-state index contributed by atoms with van der Waals surface area (Å²) in [5, 5.41) is 8.12. The number of thiol groups is 2. The molecule has 0 radical (unpaired) electrons. The summed E-state index contributed by atoms with van der Waals surface area (Å²) < 4.78 is 0. The molecule has 0 heterocycles. The van der Waals surface area contributed by atoms with Crippen LogP contribution in [0.5, 0.6) is 0 Å². The fourth-order valence-electron chi connectivity index (χ4n) is 1.46. The SMILES string of the molecule is CCC(CCS)CCCC(S)C(=O)O. The molecule has 2 unspecified atom stereocenters. The summed E-state index contributed by atoms with van der Waals surface area (Å²) in [6.45, 7) is 2.17. The molecule has 84 valence electrons. The number of carbonyl (C=O) groups is 1. The standard InChI is InChI=1S/C10H20O2S2/c1-2-8(6-7-13)4-3-5-9(14)10(11)12/h8-9,13-14H,2-7H2,1H3,(H,11,12). The average Bonchev–Trinajstić information content (AvgIpc) is 2.16. The maximum absolute atomic E-state index is 10.5. The quantitative estimate of drug-likeness (QED) is 0.567. The minimum absolute atomic E-state index is 0.497. The molecule has 2 atom stereocenters. The highest BCUT2D eigenvalue weighted by atomic mass is 32.1. The van der Waals surface area contributed by atoms with Crippen molar-refractivity contribution in [2.75, 3.05) is 5.75 Å². The summed E-state index contributed by atoms with van der Waals surface area (Å²) in [6, 6.07) is 0. The molecule has 0 aromatic carbocycles. The maximum atomic E-state index is 10.5. The van der Waals surface area contributed by atoms with Crippen molar-refractivity contribution in [3.05, 3.63) is 0 Å². The van der Waals surface area contributed by atoms with Gasteiger partial charge in [0.1, 0.15) is 0 Å². The molecule has 0 saturated heterocycles. The molecule has 0 aliphatic carbocycles. The zero-order valence-corrected chi connectivity index (χ0v) is 10.4. The Balaban J connectivity index is 3.55. The highest BCUT2D eigenvalue weighted by Crippen LogP contribution is 2.18. The Morgan fingerprint density at radius 3 is 2.43 bits per heavy atom. The molecule has 2 nitrogen and oxygen atoms in total. The molecule has 0 rings (SSSR count). The van der Waals surface area contributed by atoms with E-state index in [4.69, 9.17) is 5.11 Å². The monoisotopic (exact) mass is 236 g/mol. The van der Waals surface area contributed by atoms with Crippen molar-refractivity contribution < 1.29 is 9.90 Å². The largest absolute Gasteiger partial charge is 0.480 e. The number of hydrogen-bond donors (Lipinski definition) is 3. The van der Waals surface area contributed by atoms with Gasteiger partial charge in [-0.15, -0.1) is 0 Å². The van der Waals surface area contributed by atoms with Crippen molar-refractivity contribution >= 4 is 31.2 Å². The maximum Gasteiger partial charge on any atom is 0.316 e. The van der Waals surface area contributed by atoms with Crippen LogP contribution in [-0.2, 0) is 4.79 Å². The van der Waals surface area contributed by atoms with Crippen LogP contribution < -0.4 is 0 Å². The van der Waals surface area contributed by atoms with Gasteiger partial charge >= 0.3 is 5.97 Å². The highest BCUT2D eigenvalue weighted by Gasteiger charge is 2.12. The predicted molar refractivity (Wildman–Crippen MR) is 66.5 cm³/mol. The van der Waals surface area contributed by atoms with Gasteiger partial charge in [0.15, 0.2) is 0 Å². The molecule has 0 fully saturated rings. The summed E-state index contributed by atoms with van der Waals surface area (Å²) in [7, 11) is 0. The Kier molecular flexibility index (Phi) is 8.58. The summed E-state index contributed by atoms with van der Waals surface area (Å²) in [5.41, 5.74) is 0. The van der Waals surface area contributed by atoms with E-state index in [1.54, 1.807) is 0 Å². The highest BCUT2D eigenvalue weighted by molar-refractivity contribution is 7.81. The average molecular weight is 236 g/mol. The molecular formula is C10H20O2S2. The van der Waals surface area contributed by atoms with Crippen molar-refractivity contribution in [1.82, 2.24) is 0 Å². The van der Waals surface area contributed by atoms with E-state index in [-0.39, 0.29) is 0 Å². The van der Waals surface area contributed by atoms with E-state index in [1.165, 1.54) is 0 Å². The molecule has 0 aromatic rings. The Morgan fingerprint density at radius 2 is 2.00 bits per heavy atom. The first kappa shape index (κ1) is 14.2. The number of rotatable bonds is 8. The lowest BCUT2D eigenvalue weighted by molar-refractivity contribution is -0.136. The van der Waals surface area contributed by atoms with E-state index in [1.807, 2.05) is 0 Å². The molecule has 0 aliphatic heterocycles. The fourth-order valence-corrected chi connectivity index (χ4v) is 2.01. The lowest BCUT2D eigenvalue weighted by atomic mass is 9.96. The van der Waals surface area contributed by atoms with Gasteiger partial charge in [-0.05, 0) is 24.5 Å². The third-order valence-corrected chi connectivity index (χ3v) is 3.23. The molecule has 0 amide bonds. The van der Waals surface area contributed by atoms with Gasteiger partial charge < -0.3 is 5.11 Å². The summed E-state index contributed by atoms with van der Waals surface area (Å²) >= 11 is 8.19. The van der Waals surface area contributed by atoms with Crippen LogP contribution in [0.1, 0.15) is 39.0 Å². The van der Waals surface area contributed by atoms with Gasteiger partial charge in [-0.1, -0.05) is 26.2 Å². The van der Waals surface area contributed by atoms with E-state index < -0.39 is 11.2 Å². The smallest absolute Gasteiger partial charge is 0.316 e. The molecule has 0 aromatic heterocycles. The van der Waals surface area contributed by atoms with E-state index in [2.05, 4.69) is 32.2 Å². The number of hydrogen-bond acceptors (Lipinski definition) is 3. The number of carboxylic acids is 1. The van der Waals surface area contributed by atoms with Gasteiger partial charge in [0.05, 0.1) is 5.25 Å². The second kappa shape index (κ2) is 8.48. The second-order valence-electron chi connectivity index (χ2n) is 3.57. The molecule has 0 aliphatic rings. The first-order valence-electron chi connectivity index (χ1n) is 5.13. The van der Waals surface area contributed by atoms with Gasteiger partial charge in [-0.2, -0.15) is 25.3 Å². The number of carboxylic acid groups (broad SMARTS) is 1. The Morgan fingerprint density at radius 1 is 1.36 bits per heavy atom. The third-order valence-electron chi connectivity index (χ3n) is 2.49. The van der Waals surface area contributed by atoms with Crippen molar-refractivity contribution in [1.29, 1.82) is 0 Å². The topological polar surface area (TPSA) is 37.3 Å². The first-order valence-corrected chi connectivity index (χ1v) is 6.28. The van der Waals surface area contributed by atoms with Crippen LogP contribution >= 0.6 is 25.3 Å². The van der Waals surface area contributed by atoms with Crippen molar-refractivity contribution in [3.63, 3.8) is 0 Å². The number of aliphatic carboxylic acids is 1. The lowest BCUT2D eigenvalue weighted by Gasteiger charge is -2.13. The van der Waals surface area contributed by atoms with Crippen molar-refractivity contribution in [2.24, 2.45) is 5.92 Å². The summed E-state index contributed by atoms with van der Waals surface area (Å²) in [6.07, 6.45) is 5.00. The fraction of sp³-hybridized carbons (Fsp3) is 0.900. The predicted octanol–water partition coefficient (Wildman–Crippen LogP) is 2.89. The summed E-state index contributed by atoms with van der Waals surface area (Å²) in [4.78, 5) is 10.5. The van der Waals surface area contributed by atoms with E-state index in [0.29, 0.717) is 12.3 Å². The van der Waals surface area contributed by atoms with Gasteiger partial charge in [-0.25, -0.2) is 0 Å².